The molecule has 0 radical (unpaired) electrons. The topological polar surface area (TPSA) is 81.3 Å². The average Bonchev–Trinajstić information content (AvgIpc) is 2.89. The third kappa shape index (κ3) is 3.21. The number of hydrogen-bond donors (Lipinski definition) is 1. The van der Waals surface area contributed by atoms with Gasteiger partial charge in [-0.25, -0.2) is 9.69 Å². The summed E-state index contributed by atoms with van der Waals surface area (Å²) in [6, 6.07) is 5.05. The highest BCUT2D eigenvalue weighted by Crippen LogP contribution is 2.36. The van der Waals surface area contributed by atoms with Gasteiger partial charge in [0.25, 0.3) is 0 Å². The Hall–Kier alpha value is -2.36. The second kappa shape index (κ2) is 5.56. The van der Waals surface area contributed by atoms with Crippen molar-refractivity contribution < 1.29 is 22.7 Å². The molecule has 0 saturated heterocycles. The molecule has 2 N–H and O–H groups in total. The summed E-state index contributed by atoms with van der Waals surface area (Å²) in [4.78, 5) is 12.3. The highest BCUT2D eigenvalue weighted by molar-refractivity contribution is 7.15. The first kappa shape index (κ1) is 15.0. The normalized spacial score (nSPS) is 11.2. The second-order valence-corrected chi connectivity index (χ2v) is 4.72. The Labute approximate surface area is 121 Å². The standard InChI is InChI=1S/C11H9F3N4O2S/c1-20-7-4-2-6(3-5-7)18(9(15)19)10-17-16-8(21-10)11(12,13)14/h2-5H,1H3,(H2,15,19). The Kier molecular flexibility index (Phi) is 3.98. The molecule has 0 bridgehead atoms. The molecule has 10 heteroatoms. The molecule has 1 aromatic heterocycles. The number of ether oxygens (including phenoxy) is 1. The number of nitrogens with two attached hydrogens (primary N) is 1. The second-order valence-electron chi connectivity index (χ2n) is 3.76. The Morgan fingerprint density at radius 1 is 1.29 bits per heavy atom. The smallest absolute Gasteiger partial charge is 0.445 e. The van der Waals surface area contributed by atoms with Crippen LogP contribution in [0.15, 0.2) is 24.3 Å². The van der Waals surface area contributed by atoms with Gasteiger partial charge in [0, 0.05) is 0 Å². The number of aromatic nitrogens is 2. The summed E-state index contributed by atoms with van der Waals surface area (Å²) in [7, 11) is 1.46. The fraction of sp³-hybridized carbons (Fsp3) is 0.182. The Bertz CT molecular complexity index is 642. The van der Waals surface area contributed by atoms with E-state index in [9.17, 15) is 18.0 Å². The molecule has 0 aliphatic carbocycles. The SMILES string of the molecule is COc1ccc(N(C(N)=O)c2nnc(C(F)(F)F)s2)cc1. The zero-order valence-corrected chi connectivity index (χ0v) is 11.4. The third-order valence-electron chi connectivity index (χ3n) is 2.40. The Balaban J connectivity index is 2.39. The predicted octanol–water partition coefficient (Wildman–Crippen LogP) is 2.78. The number of halogens is 3. The minimum Gasteiger partial charge on any atom is -0.497 e. The van der Waals surface area contributed by atoms with Crippen molar-refractivity contribution >= 4 is 28.2 Å². The molecule has 1 heterocycles. The number of amides is 2. The van der Waals surface area contributed by atoms with E-state index in [0.717, 1.165) is 4.90 Å². The van der Waals surface area contributed by atoms with Crippen molar-refractivity contribution in [1.82, 2.24) is 10.2 Å². The number of carbonyl (C=O) groups is 1. The van der Waals surface area contributed by atoms with Gasteiger partial charge in [0.15, 0.2) is 0 Å². The summed E-state index contributed by atoms with van der Waals surface area (Å²) >= 11 is 0.228. The van der Waals surface area contributed by atoms with Gasteiger partial charge < -0.3 is 10.5 Å². The van der Waals surface area contributed by atoms with E-state index in [2.05, 4.69) is 10.2 Å². The highest BCUT2D eigenvalue weighted by Gasteiger charge is 2.36. The summed E-state index contributed by atoms with van der Waals surface area (Å²) < 4.78 is 42.5. The summed E-state index contributed by atoms with van der Waals surface area (Å²) in [5, 5.41) is 4.97. The van der Waals surface area contributed by atoms with Gasteiger partial charge >= 0.3 is 12.2 Å². The number of primary amides is 1. The van der Waals surface area contributed by atoms with Crippen LogP contribution in [0, 0.1) is 0 Å². The van der Waals surface area contributed by atoms with Crippen LogP contribution in [0.25, 0.3) is 0 Å². The van der Waals surface area contributed by atoms with Gasteiger partial charge in [-0.3, -0.25) is 0 Å². The largest absolute Gasteiger partial charge is 0.497 e. The van der Waals surface area contributed by atoms with Gasteiger partial charge in [-0.15, -0.1) is 10.2 Å². The molecule has 0 fully saturated rings. The molecule has 2 rings (SSSR count). The predicted molar refractivity (Wildman–Crippen MR) is 69.6 cm³/mol. The molecule has 0 atom stereocenters. The molecule has 2 amide bonds. The quantitative estimate of drug-likeness (QED) is 0.943. The van der Waals surface area contributed by atoms with Crippen LogP contribution in [-0.2, 0) is 6.18 Å². The van der Waals surface area contributed by atoms with Crippen LogP contribution in [0.2, 0.25) is 0 Å². The number of carbonyl (C=O) groups excluding carboxylic acids is 1. The van der Waals surface area contributed by atoms with Crippen molar-refractivity contribution in [3.63, 3.8) is 0 Å². The van der Waals surface area contributed by atoms with Crippen molar-refractivity contribution in [1.29, 1.82) is 0 Å². The van der Waals surface area contributed by atoms with E-state index in [1.54, 1.807) is 0 Å². The van der Waals surface area contributed by atoms with Gasteiger partial charge in [-0.05, 0) is 24.3 Å². The molecule has 0 aliphatic rings. The summed E-state index contributed by atoms with van der Waals surface area (Å²) in [5.74, 6) is 0.524. The molecule has 1 aromatic carbocycles. The Morgan fingerprint density at radius 3 is 2.33 bits per heavy atom. The zero-order chi connectivity index (χ0) is 15.6. The first-order chi connectivity index (χ1) is 9.82. The van der Waals surface area contributed by atoms with Gasteiger partial charge in [-0.2, -0.15) is 13.2 Å². The minimum absolute atomic E-state index is 0.228. The van der Waals surface area contributed by atoms with E-state index in [-0.39, 0.29) is 22.2 Å². The van der Waals surface area contributed by atoms with Crippen LogP contribution in [-0.4, -0.2) is 23.3 Å². The molecule has 112 valence electrons. The first-order valence-electron chi connectivity index (χ1n) is 5.47. The van der Waals surface area contributed by atoms with Crippen LogP contribution >= 0.6 is 11.3 Å². The van der Waals surface area contributed by atoms with Crippen LogP contribution in [0.3, 0.4) is 0 Å². The molecular weight excluding hydrogens is 309 g/mol. The van der Waals surface area contributed by atoms with Crippen molar-refractivity contribution in [2.75, 3.05) is 12.0 Å². The van der Waals surface area contributed by atoms with Gasteiger partial charge in [0.1, 0.15) is 5.75 Å². The van der Waals surface area contributed by atoms with E-state index in [1.165, 1.54) is 31.4 Å². The maximum atomic E-state index is 12.5. The number of benzene rings is 1. The molecular formula is C11H9F3N4O2S. The maximum Gasteiger partial charge on any atom is 0.445 e. The number of alkyl halides is 3. The van der Waals surface area contributed by atoms with E-state index in [1.807, 2.05) is 0 Å². The minimum atomic E-state index is -4.63. The fourth-order valence-electron chi connectivity index (χ4n) is 1.48. The van der Waals surface area contributed by atoms with Crippen molar-refractivity contribution in [3.05, 3.63) is 29.3 Å². The molecule has 2 aromatic rings. The van der Waals surface area contributed by atoms with Crippen molar-refractivity contribution in [2.24, 2.45) is 5.73 Å². The molecule has 0 aliphatic heterocycles. The summed E-state index contributed by atoms with van der Waals surface area (Å²) in [6.07, 6.45) is -4.63. The summed E-state index contributed by atoms with van der Waals surface area (Å²) in [5.41, 5.74) is 5.46. The van der Waals surface area contributed by atoms with Crippen LogP contribution in [0.5, 0.6) is 5.75 Å². The van der Waals surface area contributed by atoms with E-state index < -0.39 is 17.2 Å². The van der Waals surface area contributed by atoms with Gasteiger partial charge in [0.2, 0.25) is 10.1 Å². The van der Waals surface area contributed by atoms with Crippen LogP contribution in [0.4, 0.5) is 28.8 Å². The lowest BCUT2D eigenvalue weighted by Crippen LogP contribution is -2.31. The lowest BCUT2D eigenvalue weighted by Gasteiger charge is -2.16. The molecule has 6 nitrogen and oxygen atoms in total. The maximum absolute atomic E-state index is 12.5. The monoisotopic (exact) mass is 318 g/mol. The highest BCUT2D eigenvalue weighted by atomic mass is 32.1. The molecule has 0 unspecified atom stereocenters. The fourth-order valence-corrected chi connectivity index (χ4v) is 2.22. The number of methoxy groups -OCH3 is 1. The van der Waals surface area contributed by atoms with Crippen molar-refractivity contribution in [3.8, 4) is 5.75 Å². The van der Waals surface area contributed by atoms with Crippen LogP contribution < -0.4 is 15.4 Å². The first-order valence-corrected chi connectivity index (χ1v) is 6.29. The van der Waals surface area contributed by atoms with E-state index in [0.29, 0.717) is 5.75 Å². The molecule has 0 spiro atoms. The van der Waals surface area contributed by atoms with Gasteiger partial charge in [-0.1, -0.05) is 11.3 Å². The van der Waals surface area contributed by atoms with Crippen molar-refractivity contribution in [2.45, 2.75) is 6.18 Å². The molecule has 21 heavy (non-hydrogen) atoms. The van der Waals surface area contributed by atoms with E-state index in [4.69, 9.17) is 10.5 Å². The number of anilines is 2. The zero-order valence-electron chi connectivity index (χ0n) is 10.6. The number of nitrogens with zero attached hydrogens (tertiary/aromatic N) is 3. The number of urea groups is 1. The molecule has 0 saturated carbocycles. The lowest BCUT2D eigenvalue weighted by molar-refractivity contribution is -0.138. The average molecular weight is 318 g/mol. The van der Waals surface area contributed by atoms with E-state index >= 15 is 0 Å². The van der Waals surface area contributed by atoms with Gasteiger partial charge in [0.05, 0.1) is 12.8 Å². The number of hydrogen-bond acceptors (Lipinski definition) is 5. The number of rotatable bonds is 3. The summed E-state index contributed by atoms with van der Waals surface area (Å²) in [6.45, 7) is 0. The Morgan fingerprint density at radius 2 is 1.90 bits per heavy atom. The lowest BCUT2D eigenvalue weighted by atomic mass is 10.3. The third-order valence-corrected chi connectivity index (χ3v) is 3.35. The van der Waals surface area contributed by atoms with Crippen LogP contribution in [0.1, 0.15) is 5.01 Å².